The fourth-order valence-electron chi connectivity index (χ4n) is 4.20. The molecule has 0 bridgehead atoms. The van der Waals surface area contributed by atoms with Crippen LogP contribution in [0, 0.1) is 6.92 Å². The van der Waals surface area contributed by atoms with Crippen molar-refractivity contribution in [2.45, 2.75) is 25.8 Å². The van der Waals surface area contributed by atoms with Crippen molar-refractivity contribution >= 4 is 17.5 Å². The van der Waals surface area contributed by atoms with E-state index in [2.05, 4.69) is 15.3 Å². The fourth-order valence-corrected chi connectivity index (χ4v) is 4.20. The zero-order valence-corrected chi connectivity index (χ0v) is 20.4. The van der Waals surface area contributed by atoms with Crippen LogP contribution in [0.4, 0.5) is 5.82 Å². The highest BCUT2D eigenvalue weighted by Gasteiger charge is 2.25. The number of aromatic nitrogens is 2. The highest BCUT2D eigenvalue weighted by Crippen LogP contribution is 2.25. The molecular formula is C27H31N5O4. The summed E-state index contributed by atoms with van der Waals surface area (Å²) in [5, 5.41) is 7.38. The van der Waals surface area contributed by atoms with Crippen molar-refractivity contribution in [2.75, 3.05) is 45.2 Å². The molecule has 2 aliphatic rings. The summed E-state index contributed by atoms with van der Waals surface area (Å²) in [6, 6.07) is 12.8. The molecule has 9 nitrogen and oxygen atoms in total. The van der Waals surface area contributed by atoms with Crippen LogP contribution in [0.3, 0.4) is 0 Å². The van der Waals surface area contributed by atoms with Crippen LogP contribution in [-0.2, 0) is 4.74 Å². The molecule has 1 aromatic heterocycles. The van der Waals surface area contributed by atoms with E-state index in [9.17, 15) is 9.59 Å². The lowest BCUT2D eigenvalue weighted by Crippen LogP contribution is -2.38. The number of nitrogens with one attached hydrogen (secondary N) is 1. The molecule has 0 atom stereocenters. The number of nitrogens with two attached hydrogens (primary N) is 1. The second-order valence-electron chi connectivity index (χ2n) is 9.26. The Hall–Kier alpha value is -3.69. The van der Waals surface area contributed by atoms with Gasteiger partial charge in [0.2, 0.25) is 0 Å². The van der Waals surface area contributed by atoms with Gasteiger partial charge < -0.3 is 20.5 Å². The number of aryl methyl sites for hydroxylation is 1. The smallest absolute Gasteiger partial charge is 0.251 e. The van der Waals surface area contributed by atoms with Crippen LogP contribution in [-0.4, -0.2) is 71.9 Å². The predicted octanol–water partition coefficient (Wildman–Crippen LogP) is 2.60. The van der Waals surface area contributed by atoms with E-state index in [0.717, 1.165) is 51.3 Å². The Morgan fingerprint density at radius 2 is 1.94 bits per heavy atom. The van der Waals surface area contributed by atoms with Crippen molar-refractivity contribution in [2.24, 2.45) is 0 Å². The van der Waals surface area contributed by atoms with Crippen molar-refractivity contribution in [1.29, 1.82) is 0 Å². The maximum atomic E-state index is 13.3. The zero-order chi connectivity index (χ0) is 25.1. The molecule has 3 aromatic rings. The molecule has 1 amide bonds. The largest absolute Gasteiger partial charge is 0.492 e. The molecule has 1 saturated heterocycles. The number of hydrogen-bond acceptors (Lipinski definition) is 7. The predicted molar refractivity (Wildman–Crippen MR) is 136 cm³/mol. The highest BCUT2D eigenvalue weighted by molar-refractivity contribution is 6.11. The summed E-state index contributed by atoms with van der Waals surface area (Å²) in [6.45, 7) is 6.54. The molecule has 0 radical (unpaired) electrons. The molecule has 0 spiro atoms. The number of rotatable bonds is 9. The number of hydrogen-bond donors (Lipinski definition) is 2. The van der Waals surface area contributed by atoms with Crippen LogP contribution in [0.25, 0.3) is 5.69 Å². The number of ether oxygens (including phenoxy) is 2. The summed E-state index contributed by atoms with van der Waals surface area (Å²) < 4.78 is 12.8. The molecule has 188 valence electrons. The maximum absolute atomic E-state index is 13.3. The topological polar surface area (TPSA) is 112 Å². The maximum Gasteiger partial charge on any atom is 0.251 e. The van der Waals surface area contributed by atoms with Crippen LogP contribution in [0.5, 0.6) is 5.75 Å². The molecule has 1 saturated carbocycles. The van der Waals surface area contributed by atoms with Crippen LogP contribution < -0.4 is 15.8 Å². The lowest BCUT2D eigenvalue weighted by molar-refractivity contribution is 0.0322. The quantitative estimate of drug-likeness (QED) is 0.445. The minimum absolute atomic E-state index is 0.119. The number of anilines is 1. The van der Waals surface area contributed by atoms with E-state index >= 15 is 0 Å². The van der Waals surface area contributed by atoms with E-state index in [0.29, 0.717) is 34.7 Å². The van der Waals surface area contributed by atoms with Crippen LogP contribution in [0.2, 0.25) is 0 Å². The van der Waals surface area contributed by atoms with E-state index in [1.54, 1.807) is 30.3 Å². The van der Waals surface area contributed by atoms with Gasteiger partial charge in [-0.05, 0) is 49.6 Å². The van der Waals surface area contributed by atoms with Crippen LogP contribution in [0.15, 0.2) is 48.7 Å². The van der Waals surface area contributed by atoms with Gasteiger partial charge in [0.15, 0.2) is 5.78 Å². The van der Waals surface area contributed by atoms with Crippen molar-refractivity contribution < 1.29 is 19.1 Å². The van der Waals surface area contributed by atoms with Gasteiger partial charge in [0.25, 0.3) is 5.91 Å². The van der Waals surface area contributed by atoms with Crippen molar-refractivity contribution in [3.63, 3.8) is 0 Å². The molecule has 36 heavy (non-hydrogen) atoms. The Morgan fingerprint density at radius 3 is 2.72 bits per heavy atom. The number of morpholine rings is 1. The lowest BCUT2D eigenvalue weighted by Gasteiger charge is -2.26. The van der Waals surface area contributed by atoms with Gasteiger partial charge in [-0.3, -0.25) is 14.5 Å². The van der Waals surface area contributed by atoms with Gasteiger partial charge in [0, 0.05) is 36.8 Å². The lowest BCUT2D eigenvalue weighted by atomic mass is 10.1. The van der Waals surface area contributed by atoms with Gasteiger partial charge in [-0.15, -0.1) is 0 Å². The Morgan fingerprint density at radius 1 is 1.14 bits per heavy atom. The normalized spacial score (nSPS) is 16.0. The molecule has 1 aliphatic carbocycles. The molecule has 9 heteroatoms. The number of carbonyl (C=O) groups is 2. The van der Waals surface area contributed by atoms with Gasteiger partial charge in [-0.2, -0.15) is 5.10 Å². The number of benzene rings is 2. The second-order valence-corrected chi connectivity index (χ2v) is 9.26. The third-order valence-corrected chi connectivity index (χ3v) is 6.54. The van der Waals surface area contributed by atoms with E-state index < -0.39 is 0 Å². The summed E-state index contributed by atoms with van der Waals surface area (Å²) in [5.41, 5.74) is 9.25. The van der Waals surface area contributed by atoms with E-state index in [4.69, 9.17) is 15.2 Å². The number of nitrogens with zero attached hydrogens (tertiary/aromatic N) is 3. The minimum Gasteiger partial charge on any atom is -0.492 e. The minimum atomic E-state index is -0.238. The van der Waals surface area contributed by atoms with E-state index in [-0.39, 0.29) is 23.6 Å². The Bertz CT molecular complexity index is 1260. The van der Waals surface area contributed by atoms with Gasteiger partial charge in [-0.1, -0.05) is 18.2 Å². The first-order chi connectivity index (χ1) is 17.5. The first-order valence-electron chi connectivity index (χ1n) is 12.3. The summed E-state index contributed by atoms with van der Waals surface area (Å²) in [5.74, 6) is 0.496. The summed E-state index contributed by atoms with van der Waals surface area (Å²) in [4.78, 5) is 28.1. The molecule has 2 aromatic carbocycles. The first-order valence-corrected chi connectivity index (χ1v) is 12.3. The monoisotopic (exact) mass is 489 g/mol. The summed E-state index contributed by atoms with van der Waals surface area (Å²) in [6.07, 6.45) is 3.50. The second kappa shape index (κ2) is 10.5. The number of amides is 1. The fraction of sp³-hybridized carbons (Fsp3) is 0.370. The molecule has 2 heterocycles. The molecule has 1 aliphatic heterocycles. The van der Waals surface area contributed by atoms with Gasteiger partial charge >= 0.3 is 0 Å². The van der Waals surface area contributed by atoms with Gasteiger partial charge in [-0.25, -0.2) is 4.68 Å². The average Bonchev–Trinajstić information content (AvgIpc) is 3.63. The SMILES string of the molecule is Cc1ccc(C(=O)NC2CC2)cc1-n1ncc(C(=O)c2cccc(OCCN3CCOCC3)c2)c1N. The Labute approximate surface area is 210 Å². The van der Waals surface area contributed by atoms with E-state index in [1.807, 2.05) is 19.1 Å². The third kappa shape index (κ3) is 5.42. The summed E-state index contributed by atoms with van der Waals surface area (Å²) >= 11 is 0. The Kier molecular flexibility index (Phi) is 7.02. The molecular weight excluding hydrogens is 458 g/mol. The standard InChI is InChI=1S/C27H31N5O4/c1-18-5-6-20(27(34)30-21-7-8-21)16-24(18)32-26(28)23(17-29-32)25(33)19-3-2-4-22(15-19)36-14-11-31-9-12-35-13-10-31/h2-6,15-17,21H,7-14,28H2,1H3,(H,30,34). The molecule has 2 fully saturated rings. The molecule has 3 N–H and O–H groups in total. The van der Waals surface area contributed by atoms with Crippen molar-refractivity contribution in [3.8, 4) is 11.4 Å². The Balaban J connectivity index is 1.30. The van der Waals surface area contributed by atoms with Gasteiger partial charge in [0.1, 0.15) is 18.2 Å². The summed E-state index contributed by atoms with van der Waals surface area (Å²) in [7, 11) is 0. The number of nitrogen functional groups attached to an aromatic ring is 1. The molecule has 0 unspecified atom stereocenters. The highest BCUT2D eigenvalue weighted by atomic mass is 16.5. The number of carbonyl (C=O) groups excluding carboxylic acids is 2. The van der Waals surface area contributed by atoms with E-state index in [1.165, 1.54) is 10.9 Å². The van der Waals surface area contributed by atoms with Crippen molar-refractivity contribution in [1.82, 2.24) is 20.0 Å². The third-order valence-electron chi connectivity index (χ3n) is 6.54. The number of ketones is 1. The molecule has 5 rings (SSSR count). The first kappa shape index (κ1) is 24.0. The van der Waals surface area contributed by atoms with Gasteiger partial charge in [0.05, 0.1) is 30.7 Å². The zero-order valence-electron chi connectivity index (χ0n) is 20.4. The average molecular weight is 490 g/mol. The van der Waals surface area contributed by atoms with Crippen LogP contribution >= 0.6 is 0 Å². The van der Waals surface area contributed by atoms with Crippen molar-refractivity contribution in [3.05, 3.63) is 70.9 Å². The van der Waals surface area contributed by atoms with Crippen LogP contribution in [0.1, 0.15) is 44.7 Å².